The van der Waals surface area contributed by atoms with E-state index in [0.717, 1.165) is 0 Å². The third-order valence-corrected chi connectivity index (χ3v) is 0. The molecule has 0 unspecified atom stereocenters. The van der Waals surface area contributed by atoms with E-state index in [2.05, 4.69) is 20.1 Å². The van der Waals surface area contributed by atoms with Gasteiger partial charge in [-0.1, -0.05) is 0 Å². The predicted molar refractivity (Wildman–Crippen MR) is 23.9 cm³/mol. The van der Waals surface area contributed by atoms with Crippen LogP contribution in [0.15, 0.2) is 0 Å². The van der Waals surface area contributed by atoms with Crippen LogP contribution in [0.2, 0.25) is 0 Å². The standard InChI is InChI=1S/2ClH.Cr.3H2O.2O/h2*1H;;3*1H2;;/q;;+2;;;;;/p-2. The molecule has 0 saturated carbocycles. The van der Waals surface area contributed by atoms with Gasteiger partial charge in [0.25, 0.3) is 0 Å². The van der Waals surface area contributed by atoms with Crippen LogP contribution in [0.5, 0.6) is 0 Å². The van der Waals surface area contributed by atoms with Crippen LogP contribution in [0.1, 0.15) is 0 Å². The van der Waals surface area contributed by atoms with E-state index in [0.29, 0.717) is 0 Å². The van der Waals surface area contributed by atoms with E-state index in [-0.39, 0.29) is 16.4 Å². The molecule has 0 aliphatic rings. The van der Waals surface area contributed by atoms with Crippen LogP contribution < -0.4 is 0 Å². The summed E-state index contributed by atoms with van der Waals surface area (Å²) >= 11 is -4.31. The van der Waals surface area contributed by atoms with Gasteiger partial charge in [-0.2, -0.15) is 0 Å². The van der Waals surface area contributed by atoms with Crippen LogP contribution in [0.25, 0.3) is 0 Å². The van der Waals surface area contributed by atoms with Gasteiger partial charge in [0.2, 0.25) is 0 Å². The summed E-state index contributed by atoms with van der Waals surface area (Å²) < 4.78 is 18.5. The van der Waals surface area contributed by atoms with E-state index in [9.17, 15) is 7.61 Å². The molecule has 0 saturated heterocycles. The maximum absolute atomic E-state index is 9.24. The van der Waals surface area contributed by atoms with Gasteiger partial charge >= 0.3 is 38.8 Å². The topological polar surface area (TPSA) is 129 Å². The summed E-state index contributed by atoms with van der Waals surface area (Å²) in [5.41, 5.74) is 0. The minimum absolute atomic E-state index is 0. The van der Waals surface area contributed by atoms with Crippen LogP contribution in [0, 0.1) is 0 Å². The van der Waals surface area contributed by atoms with Crippen LogP contribution in [0.3, 0.4) is 0 Å². The van der Waals surface area contributed by atoms with Crippen molar-refractivity contribution in [3.8, 4) is 0 Å². The molecule has 0 aromatic carbocycles. The first-order chi connectivity index (χ1) is 2.00. The Balaban J connectivity index is -0.0000000267. The fraction of sp³-hybridized carbons (Fsp3) is 0. The summed E-state index contributed by atoms with van der Waals surface area (Å²) in [6.07, 6.45) is 0. The Kier molecular flexibility index (Phi) is 22.3. The van der Waals surface area contributed by atoms with E-state index in [1.807, 2.05) is 0 Å². The van der Waals surface area contributed by atoms with Crippen molar-refractivity contribution in [2.45, 2.75) is 0 Å². The molecule has 0 aromatic heterocycles. The van der Waals surface area contributed by atoms with Crippen molar-refractivity contribution < 1.29 is 35.1 Å². The summed E-state index contributed by atoms with van der Waals surface area (Å²) in [7, 11) is 8.68. The Morgan fingerprint density at radius 3 is 0.875 bits per heavy atom. The Labute approximate surface area is 55.6 Å². The molecule has 0 amide bonds. The van der Waals surface area contributed by atoms with E-state index in [4.69, 9.17) is 0 Å². The Bertz CT molecular complexity index is 93.6. The Morgan fingerprint density at radius 1 is 0.875 bits per heavy atom. The van der Waals surface area contributed by atoms with Crippen molar-refractivity contribution in [1.82, 2.24) is 0 Å². The number of halogens is 2. The van der Waals surface area contributed by atoms with E-state index in [1.165, 1.54) is 0 Å². The second-order valence-electron chi connectivity index (χ2n) is 0.378. The summed E-state index contributed by atoms with van der Waals surface area (Å²) in [5, 5.41) is 0. The van der Waals surface area contributed by atoms with Gasteiger partial charge < -0.3 is 16.4 Å². The van der Waals surface area contributed by atoms with Crippen LogP contribution in [-0.2, 0) is 18.7 Å². The summed E-state index contributed by atoms with van der Waals surface area (Å²) in [5.74, 6) is 0. The fourth-order valence-electron chi connectivity index (χ4n) is 0. The van der Waals surface area contributed by atoms with Crippen LogP contribution >= 0.6 is 20.1 Å². The van der Waals surface area contributed by atoms with Gasteiger partial charge in [0.15, 0.2) is 0 Å². The molecule has 8 heteroatoms. The average molecular weight is 209 g/mol. The SMILES string of the molecule is O.O.O.[O]=[Cr](=[O])([Cl])[Cl]. The Hall–Kier alpha value is 0.592. The molecule has 0 aromatic rings. The zero-order valence-electron chi connectivity index (χ0n) is 3.48. The molecule has 0 spiro atoms. The molecule has 0 rings (SSSR count). The molecule has 56 valence electrons. The number of hydrogen-bond acceptors (Lipinski definition) is 2. The molecule has 0 bridgehead atoms. The molecule has 0 fully saturated rings. The summed E-state index contributed by atoms with van der Waals surface area (Å²) in [6.45, 7) is 0. The number of hydrogen-bond donors (Lipinski definition) is 0. The van der Waals surface area contributed by atoms with Crippen LogP contribution in [0.4, 0.5) is 0 Å². The molecule has 0 atom stereocenters. The number of rotatable bonds is 0. The molecule has 0 aliphatic carbocycles. The van der Waals surface area contributed by atoms with Gasteiger partial charge in [-0.25, -0.2) is 0 Å². The van der Waals surface area contributed by atoms with E-state index < -0.39 is 11.1 Å². The van der Waals surface area contributed by atoms with Gasteiger partial charge in [0.1, 0.15) is 0 Å². The molecule has 0 aliphatic heterocycles. The van der Waals surface area contributed by atoms with Crippen molar-refractivity contribution in [2.75, 3.05) is 0 Å². The average Bonchev–Trinajstić information content (AvgIpc) is 0.722. The summed E-state index contributed by atoms with van der Waals surface area (Å²) in [4.78, 5) is 0. The van der Waals surface area contributed by atoms with Gasteiger partial charge in [-0.15, -0.1) is 0 Å². The van der Waals surface area contributed by atoms with Crippen molar-refractivity contribution in [2.24, 2.45) is 0 Å². The molecule has 5 nitrogen and oxygen atoms in total. The molecule has 0 radical (unpaired) electrons. The van der Waals surface area contributed by atoms with Crippen molar-refractivity contribution >= 4 is 20.1 Å². The molecular formula is H6Cl2CrO5. The van der Waals surface area contributed by atoms with Crippen molar-refractivity contribution in [1.29, 1.82) is 0 Å². The minimum atomic E-state index is -4.31. The third-order valence-electron chi connectivity index (χ3n) is 0. The Morgan fingerprint density at radius 2 is 0.875 bits per heavy atom. The van der Waals surface area contributed by atoms with Gasteiger partial charge in [0.05, 0.1) is 0 Å². The zero-order valence-corrected chi connectivity index (χ0v) is 6.27. The van der Waals surface area contributed by atoms with Crippen LogP contribution in [-0.4, -0.2) is 16.4 Å². The molecule has 0 heterocycles. The quantitative estimate of drug-likeness (QED) is 0.489. The summed E-state index contributed by atoms with van der Waals surface area (Å²) in [6, 6.07) is 0. The first kappa shape index (κ1) is 23.5. The van der Waals surface area contributed by atoms with Gasteiger partial charge in [-0.05, 0) is 0 Å². The second kappa shape index (κ2) is 7.59. The van der Waals surface area contributed by atoms with Crippen molar-refractivity contribution in [3.63, 3.8) is 0 Å². The maximum atomic E-state index is 9.24. The third kappa shape index (κ3) is 587. The van der Waals surface area contributed by atoms with Crippen molar-refractivity contribution in [3.05, 3.63) is 0 Å². The predicted octanol–water partition coefficient (Wildman–Crippen LogP) is -1.34. The zero-order chi connectivity index (χ0) is 4.50. The second-order valence-corrected chi connectivity index (χ2v) is 5.56. The van der Waals surface area contributed by atoms with E-state index >= 15 is 0 Å². The normalized spacial score (nSPS) is 7.25. The van der Waals surface area contributed by atoms with Gasteiger partial charge in [-0.3, -0.25) is 0 Å². The molecule has 6 N–H and O–H groups in total. The monoisotopic (exact) mass is 208 g/mol. The molecular weight excluding hydrogens is 203 g/mol. The first-order valence-corrected chi connectivity index (χ1v) is 5.19. The van der Waals surface area contributed by atoms with Gasteiger partial charge in [0, 0.05) is 0 Å². The van der Waals surface area contributed by atoms with E-state index in [1.54, 1.807) is 0 Å². The fourth-order valence-corrected chi connectivity index (χ4v) is 0. The first-order valence-electron chi connectivity index (χ1n) is 0.642. The molecule has 8 heavy (non-hydrogen) atoms.